The first-order valence-corrected chi connectivity index (χ1v) is 11.2. The van der Waals surface area contributed by atoms with E-state index in [2.05, 4.69) is 10.6 Å². The summed E-state index contributed by atoms with van der Waals surface area (Å²) in [7, 11) is 0. The number of carbonyl (C=O) groups excluding carboxylic acids is 2. The molecule has 0 aliphatic carbocycles. The number of piperidine rings is 1. The fraction of sp³-hybridized carbons (Fsp3) is 0.333. The van der Waals surface area contributed by atoms with Crippen molar-refractivity contribution in [1.82, 2.24) is 10.2 Å². The highest BCUT2D eigenvalue weighted by atomic mass is 35.5. The Morgan fingerprint density at radius 1 is 0.853 bits per heavy atom. The van der Waals surface area contributed by atoms with Crippen LogP contribution in [0.5, 0.6) is 0 Å². The molecule has 0 bridgehead atoms. The number of nitrogens with one attached hydrogen (secondary N) is 2. The lowest BCUT2D eigenvalue weighted by Gasteiger charge is -2.26. The third kappa shape index (κ3) is 9.60. The molecule has 0 saturated carbocycles. The van der Waals surface area contributed by atoms with E-state index in [1.54, 1.807) is 24.3 Å². The molecule has 1 heterocycles. The fourth-order valence-corrected chi connectivity index (χ4v) is 3.39. The molecule has 9 nitrogen and oxygen atoms in total. The number of hydrogen-bond donors (Lipinski definition) is 4. The maximum absolute atomic E-state index is 12.5. The van der Waals surface area contributed by atoms with Crippen LogP contribution in [0.1, 0.15) is 35.2 Å². The van der Waals surface area contributed by atoms with Gasteiger partial charge in [-0.25, -0.2) is 9.59 Å². The summed E-state index contributed by atoms with van der Waals surface area (Å²) in [6.07, 6.45) is 4.18. The minimum atomic E-state index is -1.82. The predicted molar refractivity (Wildman–Crippen MR) is 128 cm³/mol. The van der Waals surface area contributed by atoms with Crippen molar-refractivity contribution in [3.8, 4) is 0 Å². The van der Waals surface area contributed by atoms with Crippen molar-refractivity contribution in [2.45, 2.75) is 25.7 Å². The van der Waals surface area contributed by atoms with Gasteiger partial charge in [0.1, 0.15) is 0 Å². The molecule has 1 aliphatic rings. The van der Waals surface area contributed by atoms with E-state index in [0.717, 1.165) is 37.4 Å². The fourth-order valence-electron chi connectivity index (χ4n) is 3.27. The first-order valence-electron chi connectivity index (χ1n) is 10.9. The number of amides is 2. The van der Waals surface area contributed by atoms with Gasteiger partial charge in [0.15, 0.2) is 0 Å². The molecule has 10 heteroatoms. The van der Waals surface area contributed by atoms with Gasteiger partial charge in [-0.05, 0) is 74.2 Å². The Balaban J connectivity index is 0.000000604. The highest BCUT2D eigenvalue weighted by Gasteiger charge is 2.18. The summed E-state index contributed by atoms with van der Waals surface area (Å²) in [6, 6.07) is 14.8. The quantitative estimate of drug-likeness (QED) is 0.346. The molecule has 1 saturated heterocycles. The second-order valence-corrected chi connectivity index (χ2v) is 8.08. The number of carbonyl (C=O) groups is 4. The van der Waals surface area contributed by atoms with Gasteiger partial charge in [0.05, 0.1) is 6.54 Å². The van der Waals surface area contributed by atoms with E-state index in [4.69, 9.17) is 31.4 Å². The molecule has 2 amide bonds. The molecule has 1 aliphatic heterocycles. The van der Waals surface area contributed by atoms with E-state index in [1.807, 2.05) is 29.2 Å². The highest BCUT2D eigenvalue weighted by Crippen LogP contribution is 2.15. The standard InChI is InChI=1S/C22H26ClN3O2.C2H2O4/c23-19-8-4-17(5-9-19)12-13-24-16-21(27)25-20-10-6-18(7-11-20)22(28)26-14-2-1-3-15-26;3-1(4)2(5)6/h4-11,24H,1-3,12-16H2,(H,25,27);(H,3,4)(H,5,6). The monoisotopic (exact) mass is 489 g/mol. The number of likely N-dealkylation sites (tertiary alicyclic amines) is 1. The zero-order valence-electron chi connectivity index (χ0n) is 18.6. The van der Waals surface area contributed by atoms with Gasteiger partial charge in [-0.1, -0.05) is 23.7 Å². The molecule has 0 unspecified atom stereocenters. The highest BCUT2D eigenvalue weighted by molar-refractivity contribution is 6.30. The normalized spacial score (nSPS) is 12.8. The average molecular weight is 490 g/mol. The Hall–Kier alpha value is -3.43. The maximum Gasteiger partial charge on any atom is 0.414 e. The van der Waals surface area contributed by atoms with Gasteiger partial charge < -0.3 is 25.7 Å². The van der Waals surface area contributed by atoms with Crippen LogP contribution in [0.15, 0.2) is 48.5 Å². The smallest absolute Gasteiger partial charge is 0.414 e. The van der Waals surface area contributed by atoms with Crippen LogP contribution in [0.3, 0.4) is 0 Å². The molecule has 34 heavy (non-hydrogen) atoms. The zero-order chi connectivity index (χ0) is 24.9. The van der Waals surface area contributed by atoms with Crippen molar-refractivity contribution >= 4 is 41.0 Å². The van der Waals surface area contributed by atoms with Gasteiger partial charge in [-0.3, -0.25) is 9.59 Å². The molecule has 1 fully saturated rings. The Morgan fingerprint density at radius 2 is 1.44 bits per heavy atom. The Bertz CT molecular complexity index is 961. The van der Waals surface area contributed by atoms with Crippen LogP contribution in [0.4, 0.5) is 5.69 Å². The Morgan fingerprint density at radius 3 is 2.00 bits per heavy atom. The molecule has 0 aromatic heterocycles. The van der Waals surface area contributed by atoms with E-state index in [-0.39, 0.29) is 18.4 Å². The minimum Gasteiger partial charge on any atom is -0.473 e. The van der Waals surface area contributed by atoms with Gasteiger partial charge >= 0.3 is 11.9 Å². The number of rotatable bonds is 7. The van der Waals surface area contributed by atoms with Crippen LogP contribution in [0, 0.1) is 0 Å². The van der Waals surface area contributed by atoms with Crippen LogP contribution in [0.2, 0.25) is 5.02 Å². The van der Waals surface area contributed by atoms with Crippen LogP contribution in [-0.4, -0.2) is 65.0 Å². The summed E-state index contributed by atoms with van der Waals surface area (Å²) in [5, 5.41) is 21.5. The van der Waals surface area contributed by atoms with Crippen molar-refractivity contribution in [3.63, 3.8) is 0 Å². The number of hydrogen-bond acceptors (Lipinski definition) is 5. The van der Waals surface area contributed by atoms with Crippen LogP contribution < -0.4 is 10.6 Å². The van der Waals surface area contributed by atoms with Gasteiger partial charge in [-0.2, -0.15) is 0 Å². The number of aliphatic carboxylic acids is 2. The third-order valence-corrected chi connectivity index (χ3v) is 5.28. The lowest BCUT2D eigenvalue weighted by molar-refractivity contribution is -0.159. The molecular weight excluding hydrogens is 462 g/mol. The van der Waals surface area contributed by atoms with Crippen molar-refractivity contribution in [2.75, 3.05) is 31.5 Å². The van der Waals surface area contributed by atoms with Gasteiger partial charge in [0.25, 0.3) is 5.91 Å². The van der Waals surface area contributed by atoms with Crippen LogP contribution in [0.25, 0.3) is 0 Å². The number of carboxylic acid groups (broad SMARTS) is 2. The molecule has 182 valence electrons. The number of anilines is 1. The molecule has 2 aromatic carbocycles. The minimum absolute atomic E-state index is 0.0708. The predicted octanol–water partition coefficient (Wildman–Crippen LogP) is 2.89. The van der Waals surface area contributed by atoms with E-state index < -0.39 is 11.9 Å². The zero-order valence-corrected chi connectivity index (χ0v) is 19.4. The second-order valence-electron chi connectivity index (χ2n) is 7.64. The van der Waals surface area contributed by atoms with Crippen molar-refractivity contribution in [2.24, 2.45) is 0 Å². The van der Waals surface area contributed by atoms with Crippen molar-refractivity contribution in [1.29, 1.82) is 0 Å². The number of benzene rings is 2. The lowest BCUT2D eigenvalue weighted by Crippen LogP contribution is -2.35. The summed E-state index contributed by atoms with van der Waals surface area (Å²) < 4.78 is 0. The largest absolute Gasteiger partial charge is 0.473 e. The molecule has 0 atom stereocenters. The molecule has 3 rings (SSSR count). The number of nitrogens with zero attached hydrogens (tertiary/aromatic N) is 1. The Kier molecular flexibility index (Phi) is 11.0. The summed E-state index contributed by atoms with van der Waals surface area (Å²) >= 11 is 5.87. The summed E-state index contributed by atoms with van der Waals surface area (Å²) in [5.74, 6) is -3.68. The van der Waals surface area contributed by atoms with E-state index in [9.17, 15) is 9.59 Å². The van der Waals surface area contributed by atoms with E-state index in [1.165, 1.54) is 12.0 Å². The third-order valence-electron chi connectivity index (χ3n) is 5.03. The van der Waals surface area contributed by atoms with Crippen molar-refractivity contribution in [3.05, 3.63) is 64.7 Å². The van der Waals surface area contributed by atoms with Crippen LogP contribution >= 0.6 is 11.6 Å². The van der Waals surface area contributed by atoms with E-state index in [0.29, 0.717) is 17.8 Å². The maximum atomic E-state index is 12.5. The molecule has 0 spiro atoms. The molecule has 4 N–H and O–H groups in total. The van der Waals surface area contributed by atoms with Crippen LogP contribution in [-0.2, 0) is 20.8 Å². The second kappa shape index (κ2) is 14.0. The topological polar surface area (TPSA) is 136 Å². The lowest BCUT2D eigenvalue weighted by atomic mass is 10.1. The molecule has 0 radical (unpaired) electrons. The summed E-state index contributed by atoms with van der Waals surface area (Å²) in [4.78, 5) is 44.6. The van der Waals surface area contributed by atoms with Gasteiger partial charge in [-0.15, -0.1) is 0 Å². The summed E-state index contributed by atoms with van der Waals surface area (Å²) in [6.45, 7) is 2.61. The van der Waals surface area contributed by atoms with Gasteiger partial charge in [0.2, 0.25) is 5.91 Å². The summed E-state index contributed by atoms with van der Waals surface area (Å²) in [5.41, 5.74) is 2.53. The average Bonchev–Trinajstić information content (AvgIpc) is 2.84. The van der Waals surface area contributed by atoms with Crippen molar-refractivity contribution < 1.29 is 29.4 Å². The number of halogens is 1. The van der Waals surface area contributed by atoms with E-state index >= 15 is 0 Å². The van der Waals surface area contributed by atoms with Gasteiger partial charge in [0, 0.05) is 29.4 Å². The first kappa shape index (κ1) is 26.8. The molecule has 2 aromatic rings. The SMILES string of the molecule is O=C(CNCCc1ccc(Cl)cc1)Nc1ccc(C(=O)N2CCCCC2)cc1.O=C(O)C(=O)O. The Labute approximate surface area is 202 Å². The molecular formula is C24H28ClN3O6. The number of carboxylic acids is 2. The first-order chi connectivity index (χ1) is 16.3.